The zero-order chi connectivity index (χ0) is 15.2. The molecule has 120 valence electrons. The van der Waals surface area contributed by atoms with Crippen molar-refractivity contribution in [2.24, 2.45) is 5.92 Å². The molecule has 1 aliphatic rings. The van der Waals surface area contributed by atoms with Crippen molar-refractivity contribution in [3.8, 4) is 0 Å². The predicted octanol–water partition coefficient (Wildman–Crippen LogP) is 4.16. The molecule has 1 aromatic heterocycles. The highest BCUT2D eigenvalue weighted by Crippen LogP contribution is 2.37. The minimum Gasteiger partial charge on any atom is -0.339 e. The lowest BCUT2D eigenvalue weighted by atomic mass is 9.89. The molecule has 1 aliphatic heterocycles. The topological polar surface area (TPSA) is 51.0 Å². The average molecular weight is 311 g/mol. The summed E-state index contributed by atoms with van der Waals surface area (Å²) >= 11 is 1.97. The fourth-order valence-corrected chi connectivity index (χ4v) is 4.27. The average Bonchev–Trinajstić information content (AvgIpc) is 2.95. The van der Waals surface area contributed by atoms with Gasteiger partial charge in [0.25, 0.3) is 0 Å². The molecule has 3 atom stereocenters. The van der Waals surface area contributed by atoms with Crippen molar-refractivity contribution in [2.45, 2.75) is 70.6 Å². The Morgan fingerprint density at radius 3 is 2.76 bits per heavy atom. The molecule has 0 aromatic carbocycles. The summed E-state index contributed by atoms with van der Waals surface area (Å²) in [5, 5.41) is 8.27. The number of hydrogen-bond donors (Lipinski definition) is 1. The van der Waals surface area contributed by atoms with E-state index in [2.05, 4.69) is 38.2 Å². The van der Waals surface area contributed by atoms with Gasteiger partial charge in [0, 0.05) is 6.04 Å². The van der Waals surface area contributed by atoms with Gasteiger partial charge in [-0.25, -0.2) is 0 Å². The zero-order valence-electron chi connectivity index (χ0n) is 13.8. The van der Waals surface area contributed by atoms with Crippen molar-refractivity contribution in [1.82, 2.24) is 15.5 Å². The maximum absolute atomic E-state index is 5.63. The molecule has 0 spiro atoms. The van der Waals surface area contributed by atoms with Crippen LogP contribution in [0.3, 0.4) is 0 Å². The third kappa shape index (κ3) is 4.46. The Labute approximate surface area is 132 Å². The first-order valence-corrected chi connectivity index (χ1v) is 9.36. The molecule has 0 amide bonds. The second kappa shape index (κ2) is 8.18. The van der Waals surface area contributed by atoms with Crippen molar-refractivity contribution in [3.63, 3.8) is 0 Å². The Hall–Kier alpha value is -0.550. The van der Waals surface area contributed by atoms with Crippen LogP contribution in [0.1, 0.15) is 76.3 Å². The third-order valence-electron chi connectivity index (χ3n) is 4.18. The molecule has 0 saturated carbocycles. The molecule has 2 rings (SSSR count). The number of aromatic nitrogens is 2. The van der Waals surface area contributed by atoms with Crippen molar-refractivity contribution < 1.29 is 4.52 Å². The maximum Gasteiger partial charge on any atom is 0.231 e. The van der Waals surface area contributed by atoms with Crippen molar-refractivity contribution >= 4 is 11.8 Å². The van der Waals surface area contributed by atoms with Crippen LogP contribution in [0, 0.1) is 5.92 Å². The number of nitrogens with zero attached hydrogens (tertiary/aromatic N) is 2. The molecule has 5 heteroatoms. The molecule has 4 nitrogen and oxygen atoms in total. The summed E-state index contributed by atoms with van der Waals surface area (Å²) < 4.78 is 5.63. The molecule has 21 heavy (non-hydrogen) atoms. The summed E-state index contributed by atoms with van der Waals surface area (Å²) in [7, 11) is 0. The van der Waals surface area contributed by atoms with Crippen molar-refractivity contribution in [3.05, 3.63) is 11.7 Å². The van der Waals surface area contributed by atoms with Crippen LogP contribution in [0.4, 0.5) is 0 Å². The smallest absolute Gasteiger partial charge is 0.231 e. The highest BCUT2D eigenvalue weighted by Gasteiger charge is 2.30. The lowest BCUT2D eigenvalue weighted by Gasteiger charge is -2.25. The first-order valence-electron chi connectivity index (χ1n) is 8.32. The van der Waals surface area contributed by atoms with Gasteiger partial charge in [0.2, 0.25) is 5.89 Å². The fourth-order valence-electron chi connectivity index (χ4n) is 3.03. The number of hydrogen-bond acceptors (Lipinski definition) is 5. The Morgan fingerprint density at radius 2 is 2.14 bits per heavy atom. The van der Waals surface area contributed by atoms with Crippen molar-refractivity contribution in [1.29, 1.82) is 0 Å². The van der Waals surface area contributed by atoms with Gasteiger partial charge in [0.15, 0.2) is 5.82 Å². The molecule has 0 bridgehead atoms. The van der Waals surface area contributed by atoms with E-state index in [0.29, 0.717) is 17.2 Å². The molecular weight excluding hydrogens is 282 g/mol. The van der Waals surface area contributed by atoms with Crippen LogP contribution in [0.15, 0.2) is 4.52 Å². The molecule has 1 aromatic rings. The quantitative estimate of drug-likeness (QED) is 0.819. The van der Waals surface area contributed by atoms with Crippen LogP contribution in [-0.2, 0) is 0 Å². The summed E-state index contributed by atoms with van der Waals surface area (Å²) in [5.41, 5.74) is 0. The van der Waals surface area contributed by atoms with Crippen LogP contribution in [0.5, 0.6) is 0 Å². The maximum atomic E-state index is 5.63. The molecule has 2 heterocycles. The molecule has 1 saturated heterocycles. The summed E-state index contributed by atoms with van der Waals surface area (Å²) in [6.07, 6.45) is 4.92. The molecule has 3 unspecified atom stereocenters. The Bertz CT molecular complexity index is 415. The number of rotatable bonds is 7. The second-order valence-corrected chi connectivity index (χ2v) is 7.67. The summed E-state index contributed by atoms with van der Waals surface area (Å²) in [5.74, 6) is 3.70. The molecular formula is C16H29N3OS. The van der Waals surface area contributed by atoms with E-state index in [1.807, 2.05) is 11.8 Å². The number of thioether (sulfide) groups is 1. The van der Waals surface area contributed by atoms with Crippen LogP contribution < -0.4 is 5.32 Å². The van der Waals surface area contributed by atoms with Gasteiger partial charge in [-0.2, -0.15) is 16.7 Å². The SMILES string of the molecule is CCCNC(C)C(c1nc(C2CCCCS2)no1)C(C)C. The van der Waals surface area contributed by atoms with Gasteiger partial charge in [-0.05, 0) is 44.4 Å². The predicted molar refractivity (Wildman–Crippen MR) is 88.7 cm³/mol. The zero-order valence-corrected chi connectivity index (χ0v) is 14.6. The molecule has 0 aliphatic carbocycles. The van der Waals surface area contributed by atoms with Crippen molar-refractivity contribution in [2.75, 3.05) is 12.3 Å². The van der Waals surface area contributed by atoms with Gasteiger partial charge >= 0.3 is 0 Å². The van der Waals surface area contributed by atoms with Crippen LogP contribution in [-0.4, -0.2) is 28.5 Å². The highest BCUT2D eigenvalue weighted by molar-refractivity contribution is 7.99. The Morgan fingerprint density at radius 1 is 1.33 bits per heavy atom. The second-order valence-electron chi connectivity index (χ2n) is 6.36. The van der Waals surface area contributed by atoms with Gasteiger partial charge in [-0.1, -0.05) is 32.3 Å². The largest absolute Gasteiger partial charge is 0.339 e. The summed E-state index contributed by atoms with van der Waals surface area (Å²) in [6.45, 7) is 9.90. The highest BCUT2D eigenvalue weighted by atomic mass is 32.2. The normalized spacial score (nSPS) is 22.4. The Balaban J connectivity index is 2.08. The van der Waals surface area contributed by atoms with E-state index in [9.17, 15) is 0 Å². The molecule has 1 N–H and O–H groups in total. The standard InChI is InChI=1S/C16H29N3OS/c1-5-9-17-12(4)14(11(2)3)16-18-15(19-20-16)13-8-6-7-10-21-13/h11-14,17H,5-10H2,1-4H3. The Kier molecular flexibility index (Phi) is 6.55. The lowest BCUT2D eigenvalue weighted by molar-refractivity contribution is 0.279. The van der Waals surface area contributed by atoms with E-state index in [1.165, 1.54) is 25.0 Å². The van der Waals surface area contributed by atoms with Gasteiger partial charge in [0.05, 0.1) is 11.2 Å². The first-order chi connectivity index (χ1) is 10.1. The summed E-state index contributed by atoms with van der Waals surface area (Å²) in [4.78, 5) is 4.75. The monoisotopic (exact) mass is 311 g/mol. The van der Waals surface area contributed by atoms with E-state index in [-0.39, 0.29) is 5.92 Å². The minimum atomic E-state index is 0.284. The lowest BCUT2D eigenvalue weighted by Crippen LogP contribution is -2.35. The van der Waals surface area contributed by atoms with Gasteiger partial charge in [-0.15, -0.1) is 0 Å². The van der Waals surface area contributed by atoms with Gasteiger partial charge in [0.1, 0.15) is 0 Å². The van der Waals surface area contributed by atoms with Gasteiger partial charge < -0.3 is 9.84 Å². The van der Waals surface area contributed by atoms with E-state index in [4.69, 9.17) is 9.51 Å². The van der Waals surface area contributed by atoms with Crippen LogP contribution in [0.2, 0.25) is 0 Å². The van der Waals surface area contributed by atoms with Crippen LogP contribution in [0.25, 0.3) is 0 Å². The minimum absolute atomic E-state index is 0.284. The molecule has 0 radical (unpaired) electrons. The summed E-state index contributed by atoms with van der Waals surface area (Å²) in [6, 6.07) is 0.359. The van der Waals surface area contributed by atoms with E-state index >= 15 is 0 Å². The van der Waals surface area contributed by atoms with E-state index < -0.39 is 0 Å². The molecule has 1 fully saturated rings. The van der Waals surface area contributed by atoms with Gasteiger partial charge in [-0.3, -0.25) is 0 Å². The first kappa shape index (κ1) is 16.8. The third-order valence-corrected chi connectivity index (χ3v) is 5.56. The van der Waals surface area contributed by atoms with E-state index in [0.717, 1.165) is 24.7 Å². The number of nitrogens with one attached hydrogen (secondary N) is 1. The van der Waals surface area contributed by atoms with Crippen LogP contribution >= 0.6 is 11.8 Å². The van der Waals surface area contributed by atoms with E-state index in [1.54, 1.807) is 0 Å². The fraction of sp³-hybridized carbons (Fsp3) is 0.875.